The average Bonchev–Trinajstić information content (AvgIpc) is 2.76. The maximum absolute atomic E-state index is 6.38. The van der Waals surface area contributed by atoms with E-state index in [1.54, 1.807) is 0 Å². The zero-order chi connectivity index (χ0) is 18.3. The molecule has 0 saturated carbocycles. The molecule has 1 aliphatic heterocycles. The molecule has 3 heteroatoms. The van der Waals surface area contributed by atoms with Crippen LogP contribution in [0.2, 0.25) is 0 Å². The van der Waals surface area contributed by atoms with Crippen LogP contribution in [0.3, 0.4) is 0 Å². The molecule has 1 aromatic heterocycles. The van der Waals surface area contributed by atoms with E-state index in [-0.39, 0.29) is 12.0 Å². The second-order valence-electron chi connectivity index (χ2n) is 7.18. The Hall–Kier alpha value is -2.49. The molecule has 0 unspecified atom stereocenters. The van der Waals surface area contributed by atoms with Gasteiger partial charge in [-0.1, -0.05) is 60.7 Å². The van der Waals surface area contributed by atoms with E-state index in [9.17, 15) is 0 Å². The number of hydrogen-bond acceptors (Lipinski definition) is 3. The van der Waals surface area contributed by atoms with Crippen molar-refractivity contribution in [3.05, 3.63) is 102 Å². The SMILES string of the molecule is c1ccc(C(c2ccccc2)[C@@H]2CC[C@H](NCc3ccncc3)CO2)cc1. The van der Waals surface area contributed by atoms with Gasteiger partial charge in [0.1, 0.15) is 0 Å². The molecule has 138 valence electrons. The lowest BCUT2D eigenvalue weighted by molar-refractivity contribution is -0.0116. The molecular weight excluding hydrogens is 332 g/mol. The van der Waals surface area contributed by atoms with Crippen LogP contribution in [-0.2, 0) is 11.3 Å². The number of nitrogens with one attached hydrogen (secondary N) is 1. The Morgan fingerprint density at radius 2 is 1.48 bits per heavy atom. The van der Waals surface area contributed by atoms with E-state index in [4.69, 9.17) is 4.74 Å². The summed E-state index contributed by atoms with van der Waals surface area (Å²) in [6.45, 7) is 1.62. The Morgan fingerprint density at radius 1 is 0.852 bits per heavy atom. The Balaban J connectivity index is 1.41. The molecule has 2 heterocycles. The van der Waals surface area contributed by atoms with Gasteiger partial charge in [0.05, 0.1) is 12.7 Å². The van der Waals surface area contributed by atoms with Gasteiger partial charge in [-0.25, -0.2) is 0 Å². The lowest BCUT2D eigenvalue weighted by atomic mass is 9.83. The first kappa shape index (κ1) is 17.9. The lowest BCUT2D eigenvalue weighted by Crippen LogP contribution is -2.41. The third-order valence-corrected chi connectivity index (χ3v) is 5.34. The molecule has 0 spiro atoms. The number of hydrogen-bond donors (Lipinski definition) is 1. The summed E-state index contributed by atoms with van der Waals surface area (Å²) in [5.41, 5.74) is 3.92. The van der Waals surface area contributed by atoms with Crippen LogP contribution in [0, 0.1) is 0 Å². The number of benzene rings is 2. The maximum atomic E-state index is 6.38. The second kappa shape index (κ2) is 8.94. The largest absolute Gasteiger partial charge is 0.376 e. The average molecular weight is 358 g/mol. The van der Waals surface area contributed by atoms with Crippen LogP contribution in [-0.4, -0.2) is 23.7 Å². The fraction of sp³-hybridized carbons (Fsp3) is 0.292. The minimum absolute atomic E-state index is 0.216. The van der Waals surface area contributed by atoms with Gasteiger partial charge in [-0.05, 0) is 41.7 Å². The molecule has 3 aromatic rings. The van der Waals surface area contributed by atoms with E-state index in [0.717, 1.165) is 26.0 Å². The molecule has 27 heavy (non-hydrogen) atoms. The van der Waals surface area contributed by atoms with Gasteiger partial charge in [0.15, 0.2) is 0 Å². The van der Waals surface area contributed by atoms with Crippen LogP contribution in [0.5, 0.6) is 0 Å². The van der Waals surface area contributed by atoms with Crippen molar-refractivity contribution in [3.63, 3.8) is 0 Å². The Labute approximate surface area is 161 Å². The lowest BCUT2D eigenvalue weighted by Gasteiger charge is -2.35. The van der Waals surface area contributed by atoms with Crippen molar-refractivity contribution in [3.8, 4) is 0 Å². The summed E-state index contributed by atoms with van der Waals surface area (Å²) in [6, 6.07) is 26.0. The third-order valence-electron chi connectivity index (χ3n) is 5.34. The Bertz CT molecular complexity index is 760. The first-order valence-electron chi connectivity index (χ1n) is 9.74. The van der Waals surface area contributed by atoms with E-state index >= 15 is 0 Å². The predicted molar refractivity (Wildman–Crippen MR) is 109 cm³/mol. The molecule has 0 amide bonds. The van der Waals surface area contributed by atoms with Crippen LogP contribution < -0.4 is 5.32 Å². The normalized spacial score (nSPS) is 19.9. The monoisotopic (exact) mass is 358 g/mol. The molecule has 0 radical (unpaired) electrons. The first-order valence-corrected chi connectivity index (χ1v) is 9.74. The molecule has 3 nitrogen and oxygen atoms in total. The van der Waals surface area contributed by atoms with E-state index in [0.29, 0.717) is 6.04 Å². The van der Waals surface area contributed by atoms with Gasteiger partial charge >= 0.3 is 0 Å². The number of rotatable bonds is 6. The summed E-state index contributed by atoms with van der Waals surface area (Å²) >= 11 is 0. The smallest absolute Gasteiger partial charge is 0.0685 e. The van der Waals surface area contributed by atoms with E-state index in [2.05, 4.69) is 83.1 Å². The van der Waals surface area contributed by atoms with Crippen molar-refractivity contribution in [1.29, 1.82) is 0 Å². The molecule has 1 saturated heterocycles. The van der Waals surface area contributed by atoms with Crippen LogP contribution in [0.1, 0.15) is 35.4 Å². The minimum atomic E-state index is 0.216. The highest BCUT2D eigenvalue weighted by Crippen LogP contribution is 2.34. The number of ether oxygens (including phenoxy) is 1. The molecule has 1 N–H and O–H groups in total. The van der Waals surface area contributed by atoms with Crippen molar-refractivity contribution in [2.24, 2.45) is 0 Å². The van der Waals surface area contributed by atoms with Gasteiger partial charge in [-0.2, -0.15) is 0 Å². The standard InChI is InChI=1S/C24H26N2O/c1-3-7-20(8-4-1)24(21-9-5-2-6-10-21)23-12-11-22(18-27-23)26-17-19-13-15-25-16-14-19/h1-10,13-16,22-24,26H,11-12,17-18H2/t22-,23-/m0/s1. The topological polar surface area (TPSA) is 34.2 Å². The van der Waals surface area contributed by atoms with Crippen LogP contribution in [0.25, 0.3) is 0 Å². The van der Waals surface area contributed by atoms with Gasteiger partial charge in [0.2, 0.25) is 0 Å². The van der Waals surface area contributed by atoms with Crippen molar-refractivity contribution in [2.75, 3.05) is 6.61 Å². The van der Waals surface area contributed by atoms with Gasteiger partial charge in [-0.15, -0.1) is 0 Å². The summed E-state index contributed by atoms with van der Waals surface area (Å²) in [6.07, 6.45) is 6.09. The highest BCUT2D eigenvalue weighted by Gasteiger charge is 2.30. The Kier molecular flexibility index (Phi) is 5.92. The first-order chi connectivity index (χ1) is 13.4. The van der Waals surface area contributed by atoms with Crippen molar-refractivity contribution in [1.82, 2.24) is 10.3 Å². The molecule has 1 fully saturated rings. The van der Waals surface area contributed by atoms with Gasteiger partial charge in [0.25, 0.3) is 0 Å². The molecular formula is C24H26N2O. The molecule has 2 aromatic carbocycles. The summed E-state index contributed by atoms with van der Waals surface area (Å²) < 4.78 is 6.38. The molecule has 4 rings (SSSR count). The van der Waals surface area contributed by atoms with Gasteiger partial charge in [-0.3, -0.25) is 4.98 Å². The number of nitrogens with zero attached hydrogens (tertiary/aromatic N) is 1. The maximum Gasteiger partial charge on any atom is 0.0685 e. The van der Waals surface area contributed by atoms with Gasteiger partial charge in [0, 0.05) is 30.9 Å². The van der Waals surface area contributed by atoms with Crippen molar-refractivity contribution >= 4 is 0 Å². The zero-order valence-electron chi connectivity index (χ0n) is 15.5. The quantitative estimate of drug-likeness (QED) is 0.702. The predicted octanol–water partition coefficient (Wildman–Crippen LogP) is 4.55. The zero-order valence-corrected chi connectivity index (χ0v) is 15.5. The van der Waals surface area contributed by atoms with E-state index in [1.807, 2.05) is 12.4 Å². The van der Waals surface area contributed by atoms with E-state index < -0.39 is 0 Å². The van der Waals surface area contributed by atoms with Crippen LogP contribution in [0.15, 0.2) is 85.2 Å². The number of aromatic nitrogens is 1. The fourth-order valence-electron chi connectivity index (χ4n) is 3.90. The molecule has 0 aliphatic carbocycles. The summed E-state index contributed by atoms with van der Waals surface area (Å²) in [5, 5.41) is 3.62. The highest BCUT2D eigenvalue weighted by atomic mass is 16.5. The Morgan fingerprint density at radius 3 is 2.04 bits per heavy atom. The second-order valence-corrected chi connectivity index (χ2v) is 7.18. The highest BCUT2D eigenvalue weighted by molar-refractivity contribution is 5.34. The summed E-state index contributed by atoms with van der Waals surface area (Å²) in [5.74, 6) is 0.286. The fourth-order valence-corrected chi connectivity index (χ4v) is 3.90. The third kappa shape index (κ3) is 4.62. The van der Waals surface area contributed by atoms with Gasteiger partial charge < -0.3 is 10.1 Å². The van der Waals surface area contributed by atoms with Crippen LogP contribution >= 0.6 is 0 Å². The minimum Gasteiger partial charge on any atom is -0.376 e. The summed E-state index contributed by atoms with van der Waals surface area (Å²) in [7, 11) is 0. The van der Waals surface area contributed by atoms with E-state index in [1.165, 1.54) is 16.7 Å². The molecule has 2 atom stereocenters. The molecule has 1 aliphatic rings. The number of pyridine rings is 1. The van der Waals surface area contributed by atoms with Crippen molar-refractivity contribution < 1.29 is 4.74 Å². The van der Waals surface area contributed by atoms with Crippen LogP contribution in [0.4, 0.5) is 0 Å². The summed E-state index contributed by atoms with van der Waals surface area (Å²) in [4.78, 5) is 4.07. The molecule has 0 bridgehead atoms. The van der Waals surface area contributed by atoms with Crippen molar-refractivity contribution in [2.45, 2.75) is 37.5 Å².